The molecule has 0 fully saturated rings. The Morgan fingerprint density at radius 2 is 2.12 bits per heavy atom. The Morgan fingerprint density at radius 1 is 1.50 bits per heavy atom. The lowest BCUT2D eigenvalue weighted by Gasteiger charge is -2.16. The van der Waals surface area contributed by atoms with Gasteiger partial charge in [-0.3, -0.25) is 0 Å². The molecule has 86 valence electrons. The van der Waals surface area contributed by atoms with Crippen molar-refractivity contribution in [2.75, 3.05) is 0 Å². The van der Waals surface area contributed by atoms with Gasteiger partial charge in [0.05, 0.1) is 11.4 Å². The molecule has 0 unspecified atom stereocenters. The first-order valence-electron chi connectivity index (χ1n) is 4.58. The van der Waals surface area contributed by atoms with Gasteiger partial charge in [0.2, 0.25) is 5.82 Å². The quantitative estimate of drug-likeness (QED) is 0.762. The third-order valence-corrected chi connectivity index (χ3v) is 5.19. The molecule has 16 heavy (non-hydrogen) atoms. The normalized spacial score (nSPS) is 20.4. The predicted molar refractivity (Wildman–Crippen MR) is 54.6 cm³/mol. The van der Waals surface area contributed by atoms with Gasteiger partial charge in [-0.05, 0) is 13.8 Å². The van der Waals surface area contributed by atoms with Crippen LogP contribution >= 0.6 is 0 Å². The number of nitrogens with zero attached hydrogens (tertiary/aromatic N) is 2. The molecule has 1 aromatic heterocycles. The van der Waals surface area contributed by atoms with E-state index in [1.807, 2.05) is 0 Å². The van der Waals surface area contributed by atoms with E-state index in [4.69, 9.17) is 5.11 Å². The van der Waals surface area contributed by atoms with Gasteiger partial charge in [-0.2, -0.15) is 0 Å². The number of rotatable bonds is 1. The second kappa shape index (κ2) is 3.00. The first-order valence-corrected chi connectivity index (χ1v) is 6.23. The van der Waals surface area contributed by atoms with E-state index >= 15 is 0 Å². The third kappa shape index (κ3) is 1.31. The maximum atomic E-state index is 11.8. The van der Waals surface area contributed by atoms with Crippen LogP contribution in [0.2, 0.25) is 0 Å². The van der Waals surface area contributed by atoms with Crippen molar-refractivity contribution in [3.05, 3.63) is 23.3 Å². The Kier molecular flexibility index (Phi) is 2.06. The lowest BCUT2D eigenvalue weighted by molar-refractivity contribution is 0.0683. The fourth-order valence-corrected chi connectivity index (χ4v) is 3.12. The summed E-state index contributed by atoms with van der Waals surface area (Å²) in [5.41, 5.74) is 0.773. The van der Waals surface area contributed by atoms with Crippen LogP contribution in [-0.2, 0) is 20.3 Å². The van der Waals surface area contributed by atoms with E-state index < -0.39 is 20.6 Å². The molecule has 0 spiro atoms. The van der Waals surface area contributed by atoms with Gasteiger partial charge in [-0.25, -0.2) is 23.2 Å². The van der Waals surface area contributed by atoms with Crippen molar-refractivity contribution in [1.82, 2.24) is 9.97 Å². The van der Waals surface area contributed by atoms with E-state index in [9.17, 15) is 13.2 Å². The van der Waals surface area contributed by atoms with Crippen LogP contribution in [0.25, 0.3) is 0 Å². The molecule has 0 amide bonds. The summed E-state index contributed by atoms with van der Waals surface area (Å²) in [7, 11) is -3.32. The molecule has 0 saturated carbocycles. The molecule has 0 bridgehead atoms. The molecule has 1 aromatic rings. The maximum absolute atomic E-state index is 11.8. The second-order valence-electron chi connectivity index (χ2n) is 4.14. The Balaban J connectivity index is 2.68. The summed E-state index contributed by atoms with van der Waals surface area (Å²) in [5, 5.41) is 8.74. The molecule has 1 aliphatic heterocycles. The van der Waals surface area contributed by atoms with Gasteiger partial charge in [0.1, 0.15) is 4.75 Å². The summed E-state index contributed by atoms with van der Waals surface area (Å²) in [5.74, 6) is -1.76. The number of aromatic nitrogens is 2. The van der Waals surface area contributed by atoms with Crippen LogP contribution in [0.15, 0.2) is 6.20 Å². The van der Waals surface area contributed by atoms with Crippen molar-refractivity contribution < 1.29 is 18.3 Å². The summed E-state index contributed by atoms with van der Waals surface area (Å²) in [6.45, 7) is 3.04. The summed E-state index contributed by atoms with van der Waals surface area (Å²) in [6, 6.07) is 0. The van der Waals surface area contributed by atoms with Gasteiger partial charge in [0, 0.05) is 11.8 Å². The number of carboxylic acid groups (broad SMARTS) is 1. The van der Waals surface area contributed by atoms with E-state index in [0.717, 1.165) is 0 Å². The highest BCUT2D eigenvalue weighted by Gasteiger charge is 2.46. The zero-order chi connectivity index (χ0) is 12.1. The Morgan fingerprint density at radius 3 is 2.69 bits per heavy atom. The van der Waals surface area contributed by atoms with Gasteiger partial charge in [0.15, 0.2) is 9.84 Å². The number of aromatic carboxylic acids is 1. The molecule has 6 nitrogen and oxygen atoms in total. The smallest absolute Gasteiger partial charge is 0.373 e. The van der Waals surface area contributed by atoms with E-state index in [-0.39, 0.29) is 11.6 Å². The van der Waals surface area contributed by atoms with Gasteiger partial charge in [0.25, 0.3) is 0 Å². The first kappa shape index (κ1) is 11.0. The highest BCUT2D eigenvalue weighted by Crippen LogP contribution is 2.39. The van der Waals surface area contributed by atoms with Crippen molar-refractivity contribution in [3.63, 3.8) is 0 Å². The highest BCUT2D eigenvalue weighted by molar-refractivity contribution is 7.91. The van der Waals surface area contributed by atoms with Crippen LogP contribution in [0.4, 0.5) is 0 Å². The monoisotopic (exact) mass is 242 g/mol. The molecular weight excluding hydrogens is 232 g/mol. The Hall–Kier alpha value is -1.50. The van der Waals surface area contributed by atoms with Gasteiger partial charge < -0.3 is 5.11 Å². The predicted octanol–water partition coefficient (Wildman–Crippen LogP) is 0.338. The molecule has 7 heteroatoms. The Bertz CT molecular complexity index is 577. The molecule has 0 saturated heterocycles. The van der Waals surface area contributed by atoms with Gasteiger partial charge in [-0.1, -0.05) is 0 Å². The minimum Gasteiger partial charge on any atom is -0.475 e. The van der Waals surface area contributed by atoms with Crippen molar-refractivity contribution >= 4 is 15.8 Å². The topological polar surface area (TPSA) is 97.2 Å². The van der Waals surface area contributed by atoms with E-state index in [2.05, 4.69) is 9.97 Å². The van der Waals surface area contributed by atoms with E-state index in [1.165, 1.54) is 20.0 Å². The lowest BCUT2D eigenvalue weighted by atomic mass is 10.1. The summed E-state index contributed by atoms with van der Waals surface area (Å²) < 4.78 is 22.5. The molecule has 1 aliphatic rings. The molecule has 0 aliphatic carbocycles. The fourth-order valence-electron chi connectivity index (χ4n) is 1.67. The van der Waals surface area contributed by atoms with Crippen LogP contribution in [0, 0.1) is 0 Å². The summed E-state index contributed by atoms with van der Waals surface area (Å²) in [4.78, 5) is 18.1. The Labute approximate surface area is 92.3 Å². The third-order valence-electron chi connectivity index (χ3n) is 2.75. The zero-order valence-corrected chi connectivity index (χ0v) is 9.58. The lowest BCUT2D eigenvalue weighted by Crippen LogP contribution is -2.25. The number of hydrogen-bond acceptors (Lipinski definition) is 5. The average molecular weight is 242 g/mol. The number of carbonyl (C=O) groups is 1. The maximum Gasteiger partial charge on any atom is 0.373 e. The molecule has 0 atom stereocenters. The zero-order valence-electron chi connectivity index (χ0n) is 8.76. The summed E-state index contributed by atoms with van der Waals surface area (Å²) in [6.07, 6.45) is 1.28. The molecule has 2 rings (SSSR count). The van der Waals surface area contributed by atoms with E-state index in [0.29, 0.717) is 11.3 Å². The molecular formula is C9H10N2O4S. The number of carboxylic acids is 1. The van der Waals surface area contributed by atoms with Crippen LogP contribution < -0.4 is 0 Å². The summed E-state index contributed by atoms with van der Waals surface area (Å²) >= 11 is 0. The van der Waals surface area contributed by atoms with Crippen molar-refractivity contribution in [2.45, 2.75) is 24.3 Å². The molecule has 1 N–H and O–H groups in total. The number of sulfone groups is 1. The van der Waals surface area contributed by atoms with Gasteiger partial charge in [-0.15, -0.1) is 0 Å². The minimum atomic E-state index is -3.32. The van der Waals surface area contributed by atoms with Crippen molar-refractivity contribution in [1.29, 1.82) is 0 Å². The SMILES string of the molecule is CC1(C)c2nc(C(=O)O)ncc2CS1(=O)=O. The second-order valence-corrected chi connectivity index (χ2v) is 6.68. The standard InChI is InChI=1S/C9H10N2O4S/c1-9(2)6-5(4-16(9,14)15)3-10-7(11-6)8(12)13/h3H,4H2,1-2H3,(H,12,13). The fraction of sp³-hybridized carbons (Fsp3) is 0.444. The number of hydrogen-bond donors (Lipinski definition) is 1. The van der Waals surface area contributed by atoms with Crippen LogP contribution in [0.3, 0.4) is 0 Å². The molecule has 0 radical (unpaired) electrons. The average Bonchev–Trinajstić information content (AvgIpc) is 2.33. The molecule has 2 heterocycles. The van der Waals surface area contributed by atoms with Crippen LogP contribution in [0.5, 0.6) is 0 Å². The highest BCUT2D eigenvalue weighted by atomic mass is 32.2. The number of fused-ring (bicyclic) bond motifs is 1. The minimum absolute atomic E-state index is 0.130. The van der Waals surface area contributed by atoms with Crippen molar-refractivity contribution in [2.24, 2.45) is 0 Å². The van der Waals surface area contributed by atoms with Crippen molar-refractivity contribution in [3.8, 4) is 0 Å². The largest absolute Gasteiger partial charge is 0.475 e. The van der Waals surface area contributed by atoms with Crippen LogP contribution in [0.1, 0.15) is 35.7 Å². The van der Waals surface area contributed by atoms with E-state index in [1.54, 1.807) is 0 Å². The molecule has 0 aromatic carbocycles. The van der Waals surface area contributed by atoms with Crippen LogP contribution in [-0.4, -0.2) is 29.5 Å². The first-order chi connectivity index (χ1) is 7.25. The van der Waals surface area contributed by atoms with Gasteiger partial charge >= 0.3 is 5.97 Å².